The van der Waals surface area contributed by atoms with E-state index in [1.54, 1.807) is 0 Å². The lowest BCUT2D eigenvalue weighted by molar-refractivity contribution is 0.413. The predicted octanol–water partition coefficient (Wildman–Crippen LogP) is 5.52. The molecular formula is C19H33N. The second-order valence-corrected chi connectivity index (χ2v) is 5.92. The number of benzene rings is 1. The predicted molar refractivity (Wildman–Crippen MR) is 90.3 cm³/mol. The largest absolute Gasteiger partial charge is 0.314 e. The third-order valence-electron chi connectivity index (χ3n) is 4.26. The highest BCUT2D eigenvalue weighted by molar-refractivity contribution is 5.20. The van der Waals surface area contributed by atoms with Crippen LogP contribution < -0.4 is 5.32 Å². The molecular weight excluding hydrogens is 242 g/mol. The minimum atomic E-state index is 0.604. The molecule has 0 radical (unpaired) electrons. The number of nitrogens with one attached hydrogen (secondary N) is 1. The van der Waals surface area contributed by atoms with E-state index in [4.69, 9.17) is 0 Å². The maximum Gasteiger partial charge on any atom is 0.0133 e. The van der Waals surface area contributed by atoms with E-state index >= 15 is 0 Å². The zero-order chi connectivity index (χ0) is 14.6. The monoisotopic (exact) mass is 275 g/mol. The van der Waals surface area contributed by atoms with Gasteiger partial charge in [0.25, 0.3) is 0 Å². The first-order valence-electron chi connectivity index (χ1n) is 8.57. The highest BCUT2D eigenvalue weighted by atomic mass is 14.9. The van der Waals surface area contributed by atoms with E-state index in [1.807, 2.05) is 0 Å². The lowest BCUT2D eigenvalue weighted by Gasteiger charge is -2.25. The molecule has 1 N–H and O–H groups in total. The van der Waals surface area contributed by atoms with Crippen LogP contribution in [0.3, 0.4) is 0 Å². The summed E-state index contributed by atoms with van der Waals surface area (Å²) < 4.78 is 0. The van der Waals surface area contributed by atoms with Crippen LogP contribution in [0.1, 0.15) is 77.2 Å². The van der Waals surface area contributed by atoms with Gasteiger partial charge in [0.15, 0.2) is 0 Å². The maximum atomic E-state index is 3.68. The molecule has 0 amide bonds. The van der Waals surface area contributed by atoms with E-state index in [0.717, 1.165) is 6.54 Å². The summed E-state index contributed by atoms with van der Waals surface area (Å²) in [6.07, 6.45) is 9.61. The normalized spacial score (nSPS) is 14.2. The summed E-state index contributed by atoms with van der Waals surface area (Å²) in [5, 5.41) is 3.68. The molecule has 1 heteroatoms. The molecule has 0 aliphatic heterocycles. The van der Waals surface area contributed by atoms with Crippen LogP contribution in [0.15, 0.2) is 30.3 Å². The van der Waals surface area contributed by atoms with Gasteiger partial charge in [0.2, 0.25) is 0 Å². The summed E-state index contributed by atoms with van der Waals surface area (Å²) in [5.74, 6) is 0.604. The minimum Gasteiger partial charge on any atom is -0.314 e. The van der Waals surface area contributed by atoms with E-state index in [9.17, 15) is 0 Å². The van der Waals surface area contributed by atoms with E-state index in [-0.39, 0.29) is 0 Å². The molecule has 0 aliphatic carbocycles. The van der Waals surface area contributed by atoms with Crippen molar-refractivity contribution in [3.8, 4) is 0 Å². The SMILES string of the molecule is CCCCCCCCC(NCC)C(C)c1ccccc1. The molecule has 0 bridgehead atoms. The van der Waals surface area contributed by atoms with Crippen molar-refractivity contribution < 1.29 is 0 Å². The number of unbranched alkanes of at least 4 members (excludes halogenated alkanes) is 5. The molecule has 0 fully saturated rings. The first kappa shape index (κ1) is 17.2. The average molecular weight is 275 g/mol. The Hall–Kier alpha value is -0.820. The zero-order valence-electron chi connectivity index (χ0n) is 13.7. The molecule has 0 saturated carbocycles. The molecule has 20 heavy (non-hydrogen) atoms. The summed E-state index contributed by atoms with van der Waals surface area (Å²) in [6.45, 7) is 7.92. The molecule has 0 aromatic heterocycles. The van der Waals surface area contributed by atoms with Gasteiger partial charge in [0.05, 0.1) is 0 Å². The van der Waals surface area contributed by atoms with Gasteiger partial charge in [0, 0.05) is 6.04 Å². The van der Waals surface area contributed by atoms with Gasteiger partial charge >= 0.3 is 0 Å². The number of likely N-dealkylation sites (N-methyl/N-ethyl adjacent to an activating group) is 1. The molecule has 0 spiro atoms. The van der Waals surface area contributed by atoms with Crippen molar-refractivity contribution in [3.05, 3.63) is 35.9 Å². The van der Waals surface area contributed by atoms with Gasteiger partial charge in [-0.25, -0.2) is 0 Å². The summed E-state index contributed by atoms with van der Waals surface area (Å²) in [6, 6.07) is 11.5. The molecule has 1 nitrogen and oxygen atoms in total. The molecule has 1 aromatic rings. The summed E-state index contributed by atoms with van der Waals surface area (Å²) in [5.41, 5.74) is 1.46. The minimum absolute atomic E-state index is 0.604. The second kappa shape index (κ2) is 10.9. The van der Waals surface area contributed by atoms with Crippen LogP contribution in [-0.2, 0) is 0 Å². The van der Waals surface area contributed by atoms with Crippen LogP contribution in [0.2, 0.25) is 0 Å². The third-order valence-corrected chi connectivity index (χ3v) is 4.26. The molecule has 0 heterocycles. The Morgan fingerprint density at radius 2 is 1.55 bits per heavy atom. The van der Waals surface area contributed by atoms with Crippen molar-refractivity contribution >= 4 is 0 Å². The lowest BCUT2D eigenvalue weighted by Crippen LogP contribution is -2.33. The number of hydrogen-bond donors (Lipinski definition) is 1. The van der Waals surface area contributed by atoms with Crippen LogP contribution in [0, 0.1) is 0 Å². The van der Waals surface area contributed by atoms with Crippen LogP contribution in [-0.4, -0.2) is 12.6 Å². The van der Waals surface area contributed by atoms with E-state index in [1.165, 1.54) is 50.5 Å². The maximum absolute atomic E-state index is 3.68. The van der Waals surface area contributed by atoms with Gasteiger partial charge in [-0.3, -0.25) is 0 Å². The summed E-state index contributed by atoms with van der Waals surface area (Å²) in [4.78, 5) is 0. The Balaban J connectivity index is 2.36. The van der Waals surface area contributed by atoms with Gasteiger partial charge in [0.1, 0.15) is 0 Å². The molecule has 2 atom stereocenters. The molecule has 1 aromatic carbocycles. The van der Waals surface area contributed by atoms with Crippen molar-refractivity contribution in [2.45, 2.75) is 77.7 Å². The first-order chi connectivity index (χ1) is 9.79. The molecule has 2 unspecified atom stereocenters. The zero-order valence-corrected chi connectivity index (χ0v) is 13.7. The smallest absolute Gasteiger partial charge is 0.0133 e. The Morgan fingerprint density at radius 3 is 2.20 bits per heavy atom. The van der Waals surface area contributed by atoms with Crippen LogP contribution in [0.4, 0.5) is 0 Å². The summed E-state index contributed by atoms with van der Waals surface area (Å²) >= 11 is 0. The van der Waals surface area contributed by atoms with E-state index in [2.05, 4.69) is 56.4 Å². The van der Waals surface area contributed by atoms with E-state index in [0.29, 0.717) is 12.0 Å². The lowest BCUT2D eigenvalue weighted by atomic mass is 9.89. The van der Waals surface area contributed by atoms with Crippen LogP contribution >= 0.6 is 0 Å². The van der Waals surface area contributed by atoms with Crippen LogP contribution in [0.25, 0.3) is 0 Å². The molecule has 0 aliphatic rings. The number of rotatable bonds is 11. The van der Waals surface area contributed by atoms with Crippen molar-refractivity contribution in [2.75, 3.05) is 6.54 Å². The molecule has 114 valence electrons. The van der Waals surface area contributed by atoms with Gasteiger partial charge < -0.3 is 5.32 Å². The Labute approximate surface area is 126 Å². The Kier molecular flexibility index (Phi) is 9.40. The number of hydrogen-bond acceptors (Lipinski definition) is 1. The standard InChI is InChI=1S/C19H33N/c1-4-6-7-8-9-13-16-19(20-5-2)17(3)18-14-11-10-12-15-18/h10-12,14-15,17,19-20H,4-9,13,16H2,1-3H3. The summed E-state index contributed by atoms with van der Waals surface area (Å²) in [7, 11) is 0. The first-order valence-corrected chi connectivity index (χ1v) is 8.57. The van der Waals surface area contributed by atoms with Gasteiger partial charge in [-0.05, 0) is 24.4 Å². The highest BCUT2D eigenvalue weighted by Crippen LogP contribution is 2.23. The third kappa shape index (κ3) is 6.56. The average Bonchev–Trinajstić information content (AvgIpc) is 2.50. The topological polar surface area (TPSA) is 12.0 Å². The van der Waals surface area contributed by atoms with Crippen LogP contribution in [0.5, 0.6) is 0 Å². The molecule has 0 saturated heterocycles. The Bertz CT molecular complexity index is 320. The quantitative estimate of drug-likeness (QED) is 0.524. The fraction of sp³-hybridized carbons (Fsp3) is 0.684. The molecule has 1 rings (SSSR count). The van der Waals surface area contributed by atoms with Crippen molar-refractivity contribution in [2.24, 2.45) is 0 Å². The Morgan fingerprint density at radius 1 is 0.900 bits per heavy atom. The van der Waals surface area contributed by atoms with Crippen molar-refractivity contribution in [1.82, 2.24) is 5.32 Å². The van der Waals surface area contributed by atoms with Crippen molar-refractivity contribution in [3.63, 3.8) is 0 Å². The van der Waals surface area contributed by atoms with Gasteiger partial charge in [-0.15, -0.1) is 0 Å². The van der Waals surface area contributed by atoms with Gasteiger partial charge in [-0.2, -0.15) is 0 Å². The second-order valence-electron chi connectivity index (χ2n) is 5.92. The highest BCUT2D eigenvalue weighted by Gasteiger charge is 2.17. The van der Waals surface area contributed by atoms with Crippen molar-refractivity contribution in [1.29, 1.82) is 0 Å². The fourth-order valence-corrected chi connectivity index (χ4v) is 2.92. The van der Waals surface area contributed by atoms with Gasteiger partial charge in [-0.1, -0.05) is 89.6 Å². The van der Waals surface area contributed by atoms with E-state index < -0.39 is 0 Å². The fourth-order valence-electron chi connectivity index (χ4n) is 2.92.